The van der Waals surface area contributed by atoms with E-state index >= 15 is 0 Å². The summed E-state index contributed by atoms with van der Waals surface area (Å²) < 4.78 is 7.25. The molecule has 1 saturated heterocycles. The monoisotopic (exact) mass is 299 g/mol. The Hall–Kier alpha value is -2.14. The third-order valence-electron chi connectivity index (χ3n) is 3.99. The Morgan fingerprint density at radius 3 is 2.64 bits per heavy atom. The van der Waals surface area contributed by atoms with Gasteiger partial charge in [0.15, 0.2) is 0 Å². The summed E-state index contributed by atoms with van der Waals surface area (Å²) in [7, 11) is 0. The van der Waals surface area contributed by atoms with Crippen molar-refractivity contribution in [3.05, 3.63) is 53.3 Å². The van der Waals surface area contributed by atoms with Gasteiger partial charge in [-0.05, 0) is 12.0 Å². The molecule has 2 aromatic rings. The number of hydrogen-bond donors (Lipinski definition) is 0. The Bertz CT molecular complexity index is 631. The molecular weight excluding hydrogens is 278 g/mol. The molecule has 22 heavy (non-hydrogen) atoms. The van der Waals surface area contributed by atoms with Gasteiger partial charge in [-0.2, -0.15) is 5.10 Å². The second-order valence-electron chi connectivity index (χ2n) is 5.41. The number of hydrogen-bond acceptors (Lipinski definition) is 3. The van der Waals surface area contributed by atoms with Crippen molar-refractivity contribution in [3.8, 4) is 0 Å². The summed E-state index contributed by atoms with van der Waals surface area (Å²) in [6.45, 7) is 5.31. The number of benzene rings is 1. The third kappa shape index (κ3) is 3.04. The van der Waals surface area contributed by atoms with E-state index in [9.17, 15) is 4.79 Å². The first kappa shape index (κ1) is 14.8. The number of nitrogens with zero attached hydrogens (tertiary/aromatic N) is 3. The van der Waals surface area contributed by atoms with Gasteiger partial charge >= 0.3 is 0 Å². The van der Waals surface area contributed by atoms with E-state index in [4.69, 9.17) is 4.74 Å². The van der Waals surface area contributed by atoms with Crippen LogP contribution in [0.25, 0.3) is 0 Å². The van der Waals surface area contributed by atoms with Crippen molar-refractivity contribution >= 4 is 5.91 Å². The normalized spacial score (nSPS) is 15.0. The van der Waals surface area contributed by atoms with Gasteiger partial charge in [0.05, 0.1) is 37.2 Å². The molecule has 0 atom stereocenters. The van der Waals surface area contributed by atoms with E-state index < -0.39 is 0 Å². The lowest BCUT2D eigenvalue weighted by atomic mass is 10.1. The molecule has 0 unspecified atom stereocenters. The molecule has 0 radical (unpaired) electrons. The first-order chi connectivity index (χ1) is 10.8. The van der Waals surface area contributed by atoms with Gasteiger partial charge in [0.1, 0.15) is 0 Å². The number of rotatable bonds is 4. The van der Waals surface area contributed by atoms with Crippen LogP contribution in [0.5, 0.6) is 0 Å². The maximum Gasteiger partial charge on any atom is 0.257 e. The second-order valence-corrected chi connectivity index (χ2v) is 5.41. The summed E-state index contributed by atoms with van der Waals surface area (Å²) >= 11 is 0. The highest BCUT2D eigenvalue weighted by Crippen LogP contribution is 2.15. The molecule has 0 aliphatic carbocycles. The van der Waals surface area contributed by atoms with Gasteiger partial charge in [0, 0.05) is 13.1 Å². The smallest absolute Gasteiger partial charge is 0.257 e. The standard InChI is InChI=1S/C17H21N3O2/c1-2-16-15(17(21)19-8-10-22-11-9-19)12-18-20(16)13-14-6-4-3-5-7-14/h3-7,12H,2,8-11,13H2,1H3. The lowest BCUT2D eigenvalue weighted by molar-refractivity contribution is 0.0302. The first-order valence-electron chi connectivity index (χ1n) is 7.75. The number of carbonyl (C=O) groups excluding carboxylic acids is 1. The van der Waals surface area contributed by atoms with Crippen molar-refractivity contribution in [1.82, 2.24) is 14.7 Å². The van der Waals surface area contributed by atoms with Crippen LogP contribution in [0.1, 0.15) is 28.5 Å². The number of amides is 1. The zero-order valence-corrected chi connectivity index (χ0v) is 12.9. The van der Waals surface area contributed by atoms with Crippen LogP contribution < -0.4 is 0 Å². The van der Waals surface area contributed by atoms with Crippen LogP contribution in [-0.4, -0.2) is 46.9 Å². The lowest BCUT2D eigenvalue weighted by Gasteiger charge is -2.26. The molecule has 1 amide bonds. The minimum atomic E-state index is 0.0689. The number of carbonyl (C=O) groups is 1. The van der Waals surface area contributed by atoms with E-state index in [-0.39, 0.29) is 5.91 Å². The van der Waals surface area contributed by atoms with E-state index in [1.165, 1.54) is 5.56 Å². The van der Waals surface area contributed by atoms with Crippen molar-refractivity contribution in [2.75, 3.05) is 26.3 Å². The summed E-state index contributed by atoms with van der Waals surface area (Å²) in [4.78, 5) is 14.5. The zero-order valence-electron chi connectivity index (χ0n) is 12.9. The molecule has 2 heterocycles. The minimum absolute atomic E-state index is 0.0689. The lowest BCUT2D eigenvalue weighted by Crippen LogP contribution is -2.40. The van der Waals surface area contributed by atoms with Gasteiger partial charge in [-0.15, -0.1) is 0 Å². The largest absolute Gasteiger partial charge is 0.378 e. The molecule has 1 aliphatic rings. The maximum absolute atomic E-state index is 12.7. The zero-order chi connectivity index (χ0) is 15.4. The van der Waals surface area contributed by atoms with Crippen LogP contribution in [0.2, 0.25) is 0 Å². The Kier molecular flexibility index (Phi) is 4.53. The predicted octanol–water partition coefficient (Wildman–Crippen LogP) is 1.97. The predicted molar refractivity (Wildman–Crippen MR) is 83.9 cm³/mol. The van der Waals surface area contributed by atoms with Crippen molar-refractivity contribution in [2.24, 2.45) is 0 Å². The van der Waals surface area contributed by atoms with Gasteiger partial charge in [0.25, 0.3) is 5.91 Å². The molecule has 1 aromatic heterocycles. The molecule has 3 rings (SSSR count). The van der Waals surface area contributed by atoms with Crippen LogP contribution in [0.3, 0.4) is 0 Å². The number of aromatic nitrogens is 2. The third-order valence-corrected chi connectivity index (χ3v) is 3.99. The van der Waals surface area contributed by atoms with E-state index in [0.29, 0.717) is 32.8 Å². The minimum Gasteiger partial charge on any atom is -0.378 e. The van der Waals surface area contributed by atoms with Gasteiger partial charge in [0.2, 0.25) is 0 Å². The Balaban J connectivity index is 1.82. The summed E-state index contributed by atoms with van der Waals surface area (Å²) in [6.07, 6.45) is 2.50. The summed E-state index contributed by atoms with van der Waals surface area (Å²) in [5, 5.41) is 4.44. The molecule has 5 nitrogen and oxygen atoms in total. The fourth-order valence-electron chi connectivity index (χ4n) is 2.79. The first-order valence-corrected chi connectivity index (χ1v) is 7.75. The maximum atomic E-state index is 12.7. The second kappa shape index (κ2) is 6.75. The molecule has 0 saturated carbocycles. The highest BCUT2D eigenvalue weighted by Gasteiger charge is 2.23. The fraction of sp³-hybridized carbons (Fsp3) is 0.412. The molecule has 1 fully saturated rings. The average Bonchev–Trinajstić information content (AvgIpc) is 2.98. The van der Waals surface area contributed by atoms with Crippen molar-refractivity contribution in [1.29, 1.82) is 0 Å². The Morgan fingerprint density at radius 1 is 1.23 bits per heavy atom. The fourth-order valence-corrected chi connectivity index (χ4v) is 2.79. The molecule has 116 valence electrons. The van der Waals surface area contributed by atoms with Crippen molar-refractivity contribution < 1.29 is 9.53 Å². The molecular formula is C17H21N3O2. The number of morpholine rings is 1. The van der Waals surface area contributed by atoms with Gasteiger partial charge in [-0.1, -0.05) is 37.3 Å². The molecule has 0 bridgehead atoms. The van der Waals surface area contributed by atoms with Crippen molar-refractivity contribution in [3.63, 3.8) is 0 Å². The van der Waals surface area contributed by atoms with Gasteiger partial charge < -0.3 is 9.64 Å². The van der Waals surface area contributed by atoms with Crippen LogP contribution in [0.4, 0.5) is 0 Å². The molecule has 1 aromatic carbocycles. The van der Waals surface area contributed by atoms with Crippen molar-refractivity contribution in [2.45, 2.75) is 19.9 Å². The summed E-state index contributed by atoms with van der Waals surface area (Å²) in [6, 6.07) is 10.2. The Labute approximate surface area is 130 Å². The molecule has 5 heteroatoms. The highest BCUT2D eigenvalue weighted by molar-refractivity contribution is 5.95. The molecule has 1 aliphatic heterocycles. The van der Waals surface area contributed by atoms with Crippen LogP contribution >= 0.6 is 0 Å². The average molecular weight is 299 g/mol. The van der Waals surface area contributed by atoms with E-state index in [2.05, 4.69) is 24.2 Å². The van der Waals surface area contributed by atoms with Crippen LogP contribution in [0, 0.1) is 0 Å². The Morgan fingerprint density at radius 2 is 1.95 bits per heavy atom. The highest BCUT2D eigenvalue weighted by atomic mass is 16.5. The summed E-state index contributed by atoms with van der Waals surface area (Å²) in [5.41, 5.74) is 2.91. The van der Waals surface area contributed by atoms with E-state index in [0.717, 1.165) is 17.7 Å². The van der Waals surface area contributed by atoms with E-state index in [1.807, 2.05) is 27.8 Å². The number of ether oxygens (including phenoxy) is 1. The van der Waals surface area contributed by atoms with Gasteiger partial charge in [-0.3, -0.25) is 9.48 Å². The molecule has 0 N–H and O–H groups in total. The van der Waals surface area contributed by atoms with Crippen LogP contribution in [0.15, 0.2) is 36.5 Å². The summed E-state index contributed by atoms with van der Waals surface area (Å²) in [5.74, 6) is 0.0689. The van der Waals surface area contributed by atoms with Gasteiger partial charge in [-0.25, -0.2) is 0 Å². The SMILES string of the molecule is CCc1c(C(=O)N2CCOCC2)cnn1Cc1ccccc1. The van der Waals surface area contributed by atoms with E-state index in [1.54, 1.807) is 6.20 Å². The molecule has 0 spiro atoms. The quantitative estimate of drug-likeness (QED) is 0.867. The van der Waals surface area contributed by atoms with Crippen LogP contribution in [-0.2, 0) is 17.7 Å². The topological polar surface area (TPSA) is 47.4 Å².